The summed E-state index contributed by atoms with van der Waals surface area (Å²) in [6.45, 7) is 9.36. The van der Waals surface area contributed by atoms with Crippen LogP contribution in [0.25, 0.3) is 5.69 Å². The Kier molecular flexibility index (Phi) is 5.86. The van der Waals surface area contributed by atoms with Crippen LogP contribution in [0.2, 0.25) is 5.02 Å². The Morgan fingerprint density at radius 3 is 2.40 bits per heavy atom. The number of carbonyl (C=O) groups excluding carboxylic acids is 1. The van der Waals surface area contributed by atoms with E-state index in [1.165, 1.54) is 0 Å². The van der Waals surface area contributed by atoms with Gasteiger partial charge in [-0.05, 0) is 56.3 Å². The van der Waals surface area contributed by atoms with E-state index in [1.807, 2.05) is 40.7 Å². The van der Waals surface area contributed by atoms with Crippen LogP contribution in [0.1, 0.15) is 37.7 Å². The minimum Gasteiger partial charge on any atom is -0.453 e. The van der Waals surface area contributed by atoms with Crippen LogP contribution in [-0.4, -0.2) is 15.7 Å². The fourth-order valence-electron chi connectivity index (χ4n) is 2.80. The molecule has 2 aromatic carbocycles. The zero-order valence-corrected chi connectivity index (χ0v) is 18.3. The van der Waals surface area contributed by atoms with E-state index in [0.29, 0.717) is 27.8 Å². The van der Waals surface area contributed by atoms with Crippen LogP contribution in [0.4, 0.5) is 5.69 Å². The van der Waals surface area contributed by atoms with Crippen molar-refractivity contribution in [1.82, 2.24) is 9.78 Å². The van der Waals surface area contributed by atoms with Gasteiger partial charge in [0.1, 0.15) is 17.5 Å². The van der Waals surface area contributed by atoms with Crippen molar-refractivity contribution in [2.75, 3.05) is 5.32 Å². The van der Waals surface area contributed by atoms with Crippen LogP contribution in [0, 0.1) is 30.6 Å². The molecule has 1 heterocycles. The summed E-state index contributed by atoms with van der Waals surface area (Å²) >= 11 is 6.16. The fourth-order valence-corrected chi connectivity index (χ4v) is 3.01. The maximum Gasteiger partial charge on any atom is 0.229 e. The first kappa shape index (κ1) is 21.4. The molecular formula is C23H23ClN4O2. The van der Waals surface area contributed by atoms with Gasteiger partial charge >= 0.3 is 0 Å². The number of halogens is 1. The number of hydrogen-bond donors (Lipinski definition) is 1. The quantitative estimate of drug-likeness (QED) is 0.576. The number of benzene rings is 2. The predicted octanol–water partition coefficient (Wildman–Crippen LogP) is 5.79. The molecule has 1 aromatic heterocycles. The molecule has 0 saturated heterocycles. The third-order valence-electron chi connectivity index (χ3n) is 4.56. The maximum absolute atomic E-state index is 12.1. The van der Waals surface area contributed by atoms with E-state index in [-0.39, 0.29) is 5.91 Å². The van der Waals surface area contributed by atoms with E-state index in [0.717, 1.165) is 17.1 Å². The second-order valence-corrected chi connectivity index (χ2v) is 8.43. The molecule has 0 aliphatic heterocycles. The summed E-state index contributed by atoms with van der Waals surface area (Å²) in [5, 5.41) is 16.9. The van der Waals surface area contributed by atoms with Crippen molar-refractivity contribution in [3.63, 3.8) is 0 Å². The SMILES string of the molecule is Cc1nn(-c2ccc(C#N)c(Cl)c2)c(C)c1Oc1ccc(NC(=O)C(C)(C)C)cc1. The Balaban J connectivity index is 1.82. The first-order chi connectivity index (χ1) is 14.1. The van der Waals surface area contributed by atoms with Crippen molar-refractivity contribution in [1.29, 1.82) is 5.26 Å². The number of nitriles is 1. The Morgan fingerprint density at radius 2 is 1.83 bits per heavy atom. The van der Waals surface area contributed by atoms with Gasteiger partial charge in [0.25, 0.3) is 0 Å². The molecule has 3 aromatic rings. The predicted molar refractivity (Wildman–Crippen MR) is 117 cm³/mol. The number of anilines is 1. The highest BCUT2D eigenvalue weighted by molar-refractivity contribution is 6.31. The van der Waals surface area contributed by atoms with E-state index < -0.39 is 5.41 Å². The van der Waals surface area contributed by atoms with Crippen LogP contribution in [0.3, 0.4) is 0 Å². The molecule has 0 aliphatic carbocycles. The Morgan fingerprint density at radius 1 is 1.17 bits per heavy atom. The number of amides is 1. The van der Waals surface area contributed by atoms with E-state index >= 15 is 0 Å². The normalized spacial score (nSPS) is 11.1. The molecule has 154 valence electrons. The number of aryl methyl sites for hydroxylation is 1. The highest BCUT2D eigenvalue weighted by Crippen LogP contribution is 2.31. The average molecular weight is 423 g/mol. The van der Waals surface area contributed by atoms with Gasteiger partial charge in [-0.25, -0.2) is 4.68 Å². The molecule has 7 heteroatoms. The maximum atomic E-state index is 12.1. The molecule has 3 rings (SSSR count). The summed E-state index contributed by atoms with van der Waals surface area (Å²) in [6.07, 6.45) is 0. The van der Waals surface area contributed by atoms with Gasteiger partial charge in [-0.3, -0.25) is 4.79 Å². The second kappa shape index (κ2) is 8.21. The number of nitrogens with one attached hydrogen (secondary N) is 1. The van der Waals surface area contributed by atoms with E-state index in [1.54, 1.807) is 47.1 Å². The highest BCUT2D eigenvalue weighted by Gasteiger charge is 2.21. The van der Waals surface area contributed by atoms with Crippen molar-refractivity contribution < 1.29 is 9.53 Å². The van der Waals surface area contributed by atoms with Crippen LogP contribution in [-0.2, 0) is 4.79 Å². The lowest BCUT2D eigenvalue weighted by Gasteiger charge is -2.17. The molecule has 0 bridgehead atoms. The van der Waals surface area contributed by atoms with E-state index in [4.69, 9.17) is 21.6 Å². The molecule has 0 unspecified atom stereocenters. The molecule has 0 atom stereocenters. The summed E-state index contributed by atoms with van der Waals surface area (Å²) < 4.78 is 7.79. The summed E-state index contributed by atoms with van der Waals surface area (Å²) in [7, 11) is 0. The lowest BCUT2D eigenvalue weighted by Crippen LogP contribution is -2.27. The summed E-state index contributed by atoms with van der Waals surface area (Å²) in [6, 6.07) is 14.4. The molecule has 30 heavy (non-hydrogen) atoms. The minimum atomic E-state index is -0.466. The highest BCUT2D eigenvalue weighted by atomic mass is 35.5. The monoisotopic (exact) mass is 422 g/mol. The van der Waals surface area contributed by atoms with Crippen molar-refractivity contribution >= 4 is 23.2 Å². The van der Waals surface area contributed by atoms with Gasteiger partial charge in [-0.1, -0.05) is 32.4 Å². The van der Waals surface area contributed by atoms with Crippen molar-refractivity contribution in [2.45, 2.75) is 34.6 Å². The number of carbonyl (C=O) groups is 1. The summed E-state index contributed by atoms with van der Waals surface area (Å²) in [4.78, 5) is 12.1. The topological polar surface area (TPSA) is 79.9 Å². The third-order valence-corrected chi connectivity index (χ3v) is 4.87. The van der Waals surface area contributed by atoms with Gasteiger partial charge in [0.05, 0.1) is 22.0 Å². The molecule has 0 spiro atoms. The zero-order valence-electron chi connectivity index (χ0n) is 17.6. The Hall–Kier alpha value is -3.30. The number of nitrogens with zero attached hydrogens (tertiary/aromatic N) is 3. The Labute approximate surface area is 181 Å². The lowest BCUT2D eigenvalue weighted by atomic mass is 9.95. The van der Waals surface area contributed by atoms with E-state index in [9.17, 15) is 4.79 Å². The summed E-state index contributed by atoms with van der Waals surface area (Å²) in [5.74, 6) is 1.22. The van der Waals surface area contributed by atoms with Gasteiger partial charge in [0.15, 0.2) is 5.75 Å². The standard InChI is InChI=1S/C23H23ClN4O2/c1-14-21(15(2)28(27-14)18-9-6-16(13-25)20(24)12-18)30-19-10-7-17(8-11-19)26-22(29)23(3,4)5/h6-12H,1-5H3,(H,26,29). The van der Waals surface area contributed by atoms with Gasteiger partial charge in [0.2, 0.25) is 5.91 Å². The number of ether oxygens (including phenoxy) is 1. The molecule has 6 nitrogen and oxygen atoms in total. The largest absolute Gasteiger partial charge is 0.453 e. The fraction of sp³-hybridized carbons (Fsp3) is 0.261. The molecule has 0 radical (unpaired) electrons. The first-order valence-corrected chi connectivity index (χ1v) is 9.83. The lowest BCUT2D eigenvalue weighted by molar-refractivity contribution is -0.123. The molecule has 0 fully saturated rings. The third kappa shape index (κ3) is 4.47. The van der Waals surface area contributed by atoms with Crippen molar-refractivity contribution in [3.8, 4) is 23.3 Å². The zero-order chi connectivity index (χ0) is 22.1. The summed E-state index contributed by atoms with van der Waals surface area (Å²) in [5.41, 5.74) is 2.92. The molecular weight excluding hydrogens is 400 g/mol. The van der Waals surface area contributed by atoms with Crippen LogP contribution < -0.4 is 10.1 Å². The van der Waals surface area contributed by atoms with Crippen LogP contribution in [0.15, 0.2) is 42.5 Å². The van der Waals surface area contributed by atoms with Gasteiger partial charge in [0, 0.05) is 11.1 Å². The van der Waals surface area contributed by atoms with Gasteiger partial charge in [-0.2, -0.15) is 10.4 Å². The smallest absolute Gasteiger partial charge is 0.229 e. The number of hydrogen-bond acceptors (Lipinski definition) is 4. The Bertz CT molecular complexity index is 1140. The molecule has 1 N–H and O–H groups in total. The molecule has 0 saturated carbocycles. The molecule has 0 aliphatic rings. The van der Waals surface area contributed by atoms with Crippen LogP contribution >= 0.6 is 11.6 Å². The number of rotatable bonds is 4. The first-order valence-electron chi connectivity index (χ1n) is 9.46. The second-order valence-electron chi connectivity index (χ2n) is 8.02. The van der Waals surface area contributed by atoms with Gasteiger partial charge in [-0.15, -0.1) is 0 Å². The average Bonchev–Trinajstić information content (AvgIpc) is 2.97. The van der Waals surface area contributed by atoms with Gasteiger partial charge < -0.3 is 10.1 Å². The van der Waals surface area contributed by atoms with Crippen molar-refractivity contribution in [2.24, 2.45) is 5.41 Å². The molecule has 1 amide bonds. The van der Waals surface area contributed by atoms with E-state index in [2.05, 4.69) is 10.4 Å². The van der Waals surface area contributed by atoms with Crippen molar-refractivity contribution in [3.05, 3.63) is 64.4 Å². The minimum absolute atomic E-state index is 0.0507. The van der Waals surface area contributed by atoms with Crippen LogP contribution in [0.5, 0.6) is 11.5 Å². The number of aromatic nitrogens is 2.